The Hall–Kier alpha value is -1.17. The van der Waals surface area contributed by atoms with E-state index in [-0.39, 0.29) is 35.2 Å². The van der Waals surface area contributed by atoms with Crippen molar-refractivity contribution in [2.75, 3.05) is 20.3 Å². The Morgan fingerprint density at radius 2 is 2.32 bits per heavy atom. The van der Waals surface area contributed by atoms with Crippen LogP contribution in [0.25, 0.3) is 0 Å². The topological polar surface area (TPSA) is 49.8 Å². The molecule has 104 valence electrons. The fourth-order valence-corrected chi connectivity index (χ4v) is 2.53. The van der Waals surface area contributed by atoms with Gasteiger partial charge >= 0.3 is 0 Å². The first-order chi connectivity index (χ1) is 9.05. The maximum atomic E-state index is 13.3. The number of hydrogen-bond donors (Lipinski definition) is 1. The first kappa shape index (κ1) is 14.2. The van der Waals surface area contributed by atoms with Gasteiger partial charge in [0.1, 0.15) is 5.82 Å². The first-order valence-electron chi connectivity index (χ1n) is 5.96. The van der Waals surface area contributed by atoms with Crippen LogP contribution in [0.15, 0.2) is 18.2 Å². The van der Waals surface area contributed by atoms with Gasteiger partial charge in [0.05, 0.1) is 18.8 Å². The summed E-state index contributed by atoms with van der Waals surface area (Å²) in [6.07, 6.45) is 0.465. The number of hydrogen-bond acceptors (Lipinski definition) is 3. The standard InChI is InChI=1S/C13H15ClFNO3/c1-19-12-5-11(7-17)16(6-12)13(18)8-2-9(14)4-10(15)3-8/h2-4,11-12,17H,5-7H2,1H3/t11-,12-/m0/s1. The predicted octanol–water partition coefficient (Wildman–Crippen LogP) is 1.70. The Labute approximate surface area is 115 Å². The van der Waals surface area contributed by atoms with Crippen LogP contribution in [-0.2, 0) is 4.74 Å². The van der Waals surface area contributed by atoms with E-state index in [1.54, 1.807) is 7.11 Å². The van der Waals surface area contributed by atoms with Crippen LogP contribution >= 0.6 is 11.6 Å². The summed E-state index contributed by atoms with van der Waals surface area (Å²) in [5.41, 5.74) is 0.181. The number of aliphatic hydroxyl groups is 1. The third-order valence-corrected chi connectivity index (χ3v) is 3.51. The van der Waals surface area contributed by atoms with Crippen LogP contribution < -0.4 is 0 Å². The third-order valence-electron chi connectivity index (χ3n) is 3.29. The van der Waals surface area contributed by atoms with Gasteiger partial charge in [-0.25, -0.2) is 4.39 Å². The molecule has 1 heterocycles. The number of ether oxygens (including phenoxy) is 1. The number of halogens is 2. The van der Waals surface area contributed by atoms with Gasteiger partial charge in [0, 0.05) is 24.2 Å². The van der Waals surface area contributed by atoms with Crippen LogP contribution in [0.5, 0.6) is 0 Å². The second kappa shape index (κ2) is 5.86. The average molecular weight is 288 g/mol. The second-order valence-electron chi connectivity index (χ2n) is 4.55. The molecule has 1 N–H and O–H groups in total. The number of carbonyl (C=O) groups is 1. The van der Waals surface area contributed by atoms with Crippen molar-refractivity contribution in [1.82, 2.24) is 4.90 Å². The fourth-order valence-electron chi connectivity index (χ4n) is 2.31. The normalized spacial score (nSPS) is 22.8. The van der Waals surface area contributed by atoms with E-state index < -0.39 is 5.82 Å². The van der Waals surface area contributed by atoms with E-state index in [0.29, 0.717) is 13.0 Å². The summed E-state index contributed by atoms with van der Waals surface area (Å²) >= 11 is 5.74. The summed E-state index contributed by atoms with van der Waals surface area (Å²) in [7, 11) is 1.56. The third kappa shape index (κ3) is 3.05. The molecule has 1 aliphatic heterocycles. The van der Waals surface area contributed by atoms with Crippen molar-refractivity contribution < 1.29 is 19.0 Å². The van der Waals surface area contributed by atoms with Gasteiger partial charge in [-0.15, -0.1) is 0 Å². The molecule has 0 aliphatic carbocycles. The Bertz CT molecular complexity index is 463. The largest absolute Gasteiger partial charge is 0.394 e. The van der Waals surface area contributed by atoms with Crippen molar-refractivity contribution in [3.8, 4) is 0 Å². The highest BCUT2D eigenvalue weighted by Crippen LogP contribution is 2.23. The lowest BCUT2D eigenvalue weighted by Crippen LogP contribution is -2.38. The van der Waals surface area contributed by atoms with E-state index in [1.165, 1.54) is 11.0 Å². The molecule has 4 nitrogen and oxygen atoms in total. The molecular weight excluding hydrogens is 273 g/mol. The Morgan fingerprint density at radius 1 is 1.58 bits per heavy atom. The van der Waals surface area contributed by atoms with Crippen molar-refractivity contribution >= 4 is 17.5 Å². The lowest BCUT2D eigenvalue weighted by Gasteiger charge is -2.22. The first-order valence-corrected chi connectivity index (χ1v) is 6.33. The number of nitrogens with zero attached hydrogens (tertiary/aromatic N) is 1. The van der Waals surface area contributed by atoms with Crippen molar-refractivity contribution in [1.29, 1.82) is 0 Å². The molecule has 19 heavy (non-hydrogen) atoms. The van der Waals surface area contributed by atoms with Gasteiger partial charge in [0.15, 0.2) is 0 Å². The average Bonchev–Trinajstić information content (AvgIpc) is 2.80. The Balaban J connectivity index is 2.23. The maximum Gasteiger partial charge on any atom is 0.254 e. The van der Waals surface area contributed by atoms with E-state index in [9.17, 15) is 14.3 Å². The molecule has 1 fully saturated rings. The quantitative estimate of drug-likeness (QED) is 0.920. The highest BCUT2D eigenvalue weighted by atomic mass is 35.5. The smallest absolute Gasteiger partial charge is 0.254 e. The van der Waals surface area contributed by atoms with Crippen molar-refractivity contribution in [3.63, 3.8) is 0 Å². The molecule has 2 rings (SSSR count). The Morgan fingerprint density at radius 3 is 2.89 bits per heavy atom. The van der Waals surface area contributed by atoms with Crippen LogP contribution in [0.4, 0.5) is 4.39 Å². The molecule has 0 spiro atoms. The van der Waals surface area contributed by atoms with Crippen molar-refractivity contribution in [2.24, 2.45) is 0 Å². The van der Waals surface area contributed by atoms with Gasteiger partial charge in [-0.2, -0.15) is 0 Å². The molecule has 1 saturated heterocycles. The van der Waals surface area contributed by atoms with Crippen LogP contribution in [0.1, 0.15) is 16.8 Å². The number of amides is 1. The highest BCUT2D eigenvalue weighted by molar-refractivity contribution is 6.31. The number of rotatable bonds is 3. The number of likely N-dealkylation sites (tertiary alicyclic amines) is 1. The summed E-state index contributed by atoms with van der Waals surface area (Å²) in [5, 5.41) is 9.48. The molecule has 2 atom stereocenters. The highest BCUT2D eigenvalue weighted by Gasteiger charge is 2.35. The zero-order chi connectivity index (χ0) is 14.0. The Kier molecular flexibility index (Phi) is 4.39. The van der Waals surface area contributed by atoms with Crippen molar-refractivity contribution in [2.45, 2.75) is 18.6 Å². The van der Waals surface area contributed by atoms with Crippen LogP contribution in [0, 0.1) is 5.82 Å². The van der Waals surface area contributed by atoms with Gasteiger partial charge in [-0.3, -0.25) is 4.79 Å². The van der Waals surface area contributed by atoms with Crippen molar-refractivity contribution in [3.05, 3.63) is 34.6 Å². The van der Waals surface area contributed by atoms with E-state index >= 15 is 0 Å². The molecule has 0 radical (unpaired) electrons. The molecule has 0 unspecified atom stereocenters. The molecule has 1 aromatic rings. The van der Waals surface area contributed by atoms with Crippen LogP contribution in [-0.4, -0.2) is 48.3 Å². The van der Waals surface area contributed by atoms with E-state index in [0.717, 1.165) is 12.1 Å². The van der Waals surface area contributed by atoms with Gasteiger partial charge in [0.25, 0.3) is 5.91 Å². The molecule has 6 heteroatoms. The zero-order valence-corrected chi connectivity index (χ0v) is 11.2. The maximum absolute atomic E-state index is 13.3. The van der Waals surface area contributed by atoms with Gasteiger partial charge in [-0.1, -0.05) is 11.6 Å². The number of methoxy groups -OCH3 is 1. The summed E-state index contributed by atoms with van der Waals surface area (Å²) in [6, 6.07) is 3.40. The summed E-state index contributed by atoms with van der Waals surface area (Å²) in [4.78, 5) is 13.8. The van der Waals surface area contributed by atoms with Crippen LogP contribution in [0.2, 0.25) is 5.02 Å². The second-order valence-corrected chi connectivity index (χ2v) is 4.98. The molecule has 0 bridgehead atoms. The van der Waals surface area contributed by atoms with Crippen LogP contribution in [0.3, 0.4) is 0 Å². The number of carbonyl (C=O) groups excluding carboxylic acids is 1. The molecule has 0 saturated carbocycles. The lowest BCUT2D eigenvalue weighted by molar-refractivity contribution is 0.0647. The molecule has 1 aliphatic rings. The van der Waals surface area contributed by atoms with E-state index in [1.807, 2.05) is 0 Å². The summed E-state index contributed by atoms with van der Waals surface area (Å²) in [5.74, 6) is -0.904. The minimum absolute atomic E-state index is 0.106. The monoisotopic (exact) mass is 287 g/mol. The number of benzene rings is 1. The molecule has 0 aromatic heterocycles. The minimum atomic E-state index is -0.557. The van der Waals surface area contributed by atoms with Gasteiger partial charge < -0.3 is 14.7 Å². The summed E-state index contributed by atoms with van der Waals surface area (Å²) in [6.45, 7) is 0.239. The van der Waals surface area contributed by atoms with E-state index in [4.69, 9.17) is 16.3 Å². The molecular formula is C13H15ClFNO3. The van der Waals surface area contributed by atoms with Gasteiger partial charge in [0.2, 0.25) is 0 Å². The zero-order valence-electron chi connectivity index (χ0n) is 10.5. The predicted molar refractivity (Wildman–Crippen MR) is 68.7 cm³/mol. The fraction of sp³-hybridized carbons (Fsp3) is 0.462. The lowest BCUT2D eigenvalue weighted by atomic mass is 10.1. The molecule has 1 amide bonds. The summed E-state index contributed by atoms with van der Waals surface area (Å²) < 4.78 is 18.5. The van der Waals surface area contributed by atoms with Gasteiger partial charge in [-0.05, 0) is 24.6 Å². The molecule has 1 aromatic carbocycles. The minimum Gasteiger partial charge on any atom is -0.394 e. The SMILES string of the molecule is CO[C@H]1C[C@@H](CO)N(C(=O)c2cc(F)cc(Cl)c2)C1. The number of aliphatic hydroxyl groups excluding tert-OH is 1. The van der Waals surface area contributed by atoms with E-state index in [2.05, 4.69) is 0 Å².